The smallest absolute Gasteiger partial charge is 0.243 e. The van der Waals surface area contributed by atoms with Crippen LogP contribution in [0.15, 0.2) is 65.6 Å². The standard InChI is InChI=1S/C29H30N2O5S.2H2/c32-19-24-4-2-15-31(24)37(34,35)25-9-6-20(7-10-25)26-5-1-3-23(30-26)18-28(33)29(13-14-29)22-8-11-27-21(17-22)12-16-36-27;;/h1,3,5-11,17,24,32H,2,4,12-16,18-19H2;2*1H/t24-;;/m1../s1. The molecule has 1 atom stereocenters. The topological polar surface area (TPSA) is 96.8 Å². The molecule has 2 fully saturated rings. The van der Waals surface area contributed by atoms with Crippen LogP contribution in [0, 0.1) is 0 Å². The summed E-state index contributed by atoms with van der Waals surface area (Å²) in [6.45, 7) is 0.952. The zero-order chi connectivity index (χ0) is 25.6. The first-order valence-corrected chi connectivity index (χ1v) is 14.3. The first-order valence-electron chi connectivity index (χ1n) is 12.9. The molecule has 0 unspecified atom stereocenters. The van der Waals surface area contributed by atoms with E-state index in [1.165, 1.54) is 9.87 Å². The van der Waals surface area contributed by atoms with Gasteiger partial charge in [-0.1, -0.05) is 30.3 Å². The highest BCUT2D eigenvalue weighted by Gasteiger charge is 2.50. The van der Waals surface area contributed by atoms with E-state index in [1.54, 1.807) is 24.3 Å². The lowest BCUT2D eigenvalue weighted by molar-refractivity contribution is -0.120. The number of aliphatic hydroxyl groups is 1. The highest BCUT2D eigenvalue weighted by Crippen LogP contribution is 2.50. The number of carbonyl (C=O) groups excluding carboxylic acids is 1. The first kappa shape index (κ1) is 24.3. The number of Topliss-reactive ketones (excluding diaryl/α,β-unsaturated/α-hetero) is 1. The lowest BCUT2D eigenvalue weighted by Crippen LogP contribution is -2.37. The van der Waals surface area contributed by atoms with Gasteiger partial charge in [-0.3, -0.25) is 9.78 Å². The number of ketones is 1. The van der Waals surface area contributed by atoms with Crippen molar-refractivity contribution in [2.24, 2.45) is 0 Å². The van der Waals surface area contributed by atoms with Gasteiger partial charge in [-0.05, 0) is 67.1 Å². The Bertz CT molecular complexity index is 1460. The molecule has 3 heterocycles. The SMILES string of the molecule is O=C(Cc1cccc(-c2ccc(S(=O)(=O)N3CCC[C@@H]3CO)cc2)n1)C1(c2ccc3c(c2)CCO3)CC1.[HH].[HH]. The average Bonchev–Trinajstić information content (AvgIpc) is 3.35. The summed E-state index contributed by atoms with van der Waals surface area (Å²) in [4.78, 5) is 18.4. The van der Waals surface area contributed by atoms with E-state index in [2.05, 4.69) is 6.07 Å². The molecule has 196 valence electrons. The van der Waals surface area contributed by atoms with E-state index in [4.69, 9.17) is 9.72 Å². The van der Waals surface area contributed by atoms with Gasteiger partial charge in [0.15, 0.2) is 0 Å². The van der Waals surface area contributed by atoms with Gasteiger partial charge in [-0.25, -0.2) is 8.42 Å². The minimum Gasteiger partial charge on any atom is -0.493 e. The van der Waals surface area contributed by atoms with Crippen LogP contribution >= 0.6 is 0 Å². The largest absolute Gasteiger partial charge is 0.493 e. The minimum atomic E-state index is -3.66. The summed E-state index contributed by atoms with van der Waals surface area (Å²) in [5.74, 6) is 1.11. The highest BCUT2D eigenvalue weighted by molar-refractivity contribution is 7.89. The molecule has 2 aliphatic heterocycles. The molecule has 1 N–H and O–H groups in total. The van der Waals surface area contributed by atoms with E-state index >= 15 is 0 Å². The fourth-order valence-electron chi connectivity index (χ4n) is 5.65. The van der Waals surface area contributed by atoms with E-state index in [9.17, 15) is 18.3 Å². The number of aliphatic hydroxyl groups excluding tert-OH is 1. The number of pyridine rings is 1. The molecule has 0 spiro atoms. The van der Waals surface area contributed by atoms with Gasteiger partial charge in [0.25, 0.3) is 0 Å². The molecule has 0 amide bonds. The number of sulfonamides is 1. The van der Waals surface area contributed by atoms with Crippen LogP contribution in [-0.4, -0.2) is 54.4 Å². The Morgan fingerprint density at radius 1 is 1.14 bits per heavy atom. The Labute approximate surface area is 220 Å². The van der Waals surface area contributed by atoms with E-state index < -0.39 is 15.4 Å². The van der Waals surface area contributed by atoms with Crippen LogP contribution in [0.5, 0.6) is 5.75 Å². The van der Waals surface area contributed by atoms with E-state index in [1.807, 2.05) is 30.3 Å². The highest BCUT2D eigenvalue weighted by atomic mass is 32.2. The molecule has 8 heteroatoms. The minimum absolute atomic E-state index is 0. The number of hydrogen-bond acceptors (Lipinski definition) is 6. The summed E-state index contributed by atoms with van der Waals surface area (Å²) in [7, 11) is -3.66. The second-order valence-electron chi connectivity index (χ2n) is 10.2. The van der Waals surface area contributed by atoms with Crippen LogP contribution < -0.4 is 4.74 Å². The Kier molecular flexibility index (Phi) is 6.13. The Morgan fingerprint density at radius 2 is 1.95 bits per heavy atom. The maximum atomic E-state index is 13.4. The Morgan fingerprint density at radius 3 is 2.70 bits per heavy atom. The number of nitrogens with zero attached hydrogens (tertiary/aromatic N) is 2. The maximum Gasteiger partial charge on any atom is 0.243 e. The zero-order valence-electron chi connectivity index (χ0n) is 20.6. The predicted molar refractivity (Wildman–Crippen MR) is 143 cm³/mol. The second-order valence-corrected chi connectivity index (χ2v) is 12.1. The van der Waals surface area contributed by atoms with Crippen molar-refractivity contribution >= 4 is 15.8 Å². The van der Waals surface area contributed by atoms with Crippen molar-refractivity contribution in [2.75, 3.05) is 19.8 Å². The van der Waals surface area contributed by atoms with E-state index in [-0.39, 0.29) is 32.6 Å². The molecule has 1 saturated heterocycles. The fourth-order valence-corrected chi connectivity index (χ4v) is 7.34. The summed E-state index contributed by atoms with van der Waals surface area (Å²) in [6, 6.07) is 18.1. The van der Waals surface area contributed by atoms with Gasteiger partial charge in [-0.15, -0.1) is 0 Å². The van der Waals surface area contributed by atoms with Crippen molar-refractivity contribution in [3.05, 3.63) is 77.5 Å². The van der Waals surface area contributed by atoms with Gasteiger partial charge in [0.2, 0.25) is 10.0 Å². The number of aromatic nitrogens is 1. The van der Waals surface area contributed by atoms with Crippen LogP contribution in [0.1, 0.15) is 45.4 Å². The number of rotatable bonds is 8. The van der Waals surface area contributed by atoms with Gasteiger partial charge in [0, 0.05) is 39.5 Å². The summed E-state index contributed by atoms with van der Waals surface area (Å²) in [5.41, 5.74) is 4.02. The molecule has 3 aliphatic rings. The van der Waals surface area contributed by atoms with Gasteiger partial charge >= 0.3 is 0 Å². The van der Waals surface area contributed by atoms with Crippen molar-refractivity contribution in [3.63, 3.8) is 0 Å². The molecule has 37 heavy (non-hydrogen) atoms. The molecule has 6 rings (SSSR count). The van der Waals surface area contributed by atoms with Crippen LogP contribution in [0.3, 0.4) is 0 Å². The molecule has 1 aromatic heterocycles. The lowest BCUT2D eigenvalue weighted by Gasteiger charge is -2.22. The number of carbonyl (C=O) groups is 1. The fraction of sp³-hybridized carbons (Fsp3) is 0.379. The molecular weight excluding hydrogens is 488 g/mol. The lowest BCUT2D eigenvalue weighted by atomic mass is 9.87. The number of fused-ring (bicyclic) bond motifs is 1. The van der Waals surface area contributed by atoms with Crippen molar-refractivity contribution in [1.29, 1.82) is 0 Å². The Hall–Kier alpha value is -3.07. The summed E-state index contributed by atoms with van der Waals surface area (Å²) in [6.07, 6.45) is 4.28. The first-order chi connectivity index (χ1) is 17.9. The van der Waals surface area contributed by atoms with Crippen LogP contribution in [0.25, 0.3) is 11.3 Å². The number of benzene rings is 2. The third-order valence-corrected chi connectivity index (χ3v) is 9.93. The van der Waals surface area contributed by atoms with E-state index in [0.717, 1.165) is 42.6 Å². The van der Waals surface area contributed by atoms with Crippen LogP contribution in [-0.2, 0) is 33.1 Å². The molecule has 0 bridgehead atoms. The maximum absolute atomic E-state index is 13.4. The average molecular weight is 523 g/mol. The summed E-state index contributed by atoms with van der Waals surface area (Å²) >= 11 is 0. The van der Waals surface area contributed by atoms with Crippen molar-refractivity contribution < 1.29 is 25.9 Å². The third-order valence-electron chi connectivity index (χ3n) is 7.96. The van der Waals surface area contributed by atoms with E-state index in [0.29, 0.717) is 31.0 Å². The summed E-state index contributed by atoms with van der Waals surface area (Å²) < 4.78 is 33.1. The molecule has 3 aromatic rings. The summed E-state index contributed by atoms with van der Waals surface area (Å²) in [5, 5.41) is 9.54. The molecule has 2 aromatic carbocycles. The third kappa shape index (κ3) is 4.37. The molecular formula is C29H34N2O5S. The zero-order valence-corrected chi connectivity index (χ0v) is 21.4. The van der Waals surface area contributed by atoms with Crippen LogP contribution in [0.2, 0.25) is 0 Å². The molecule has 1 aliphatic carbocycles. The molecule has 0 radical (unpaired) electrons. The van der Waals surface area contributed by atoms with Gasteiger partial charge in [0.05, 0.1) is 29.2 Å². The van der Waals surface area contributed by atoms with Crippen molar-refractivity contribution in [2.45, 2.75) is 54.9 Å². The predicted octanol–water partition coefficient (Wildman–Crippen LogP) is 4.16. The number of hydrogen-bond donors (Lipinski definition) is 1. The second kappa shape index (κ2) is 9.35. The van der Waals surface area contributed by atoms with Crippen molar-refractivity contribution in [3.8, 4) is 17.0 Å². The molecule has 7 nitrogen and oxygen atoms in total. The van der Waals surface area contributed by atoms with Crippen molar-refractivity contribution in [1.82, 2.24) is 9.29 Å². The van der Waals surface area contributed by atoms with Crippen LogP contribution in [0.4, 0.5) is 0 Å². The quantitative estimate of drug-likeness (QED) is 0.477. The normalized spacial score (nSPS) is 20.4. The van der Waals surface area contributed by atoms with Gasteiger partial charge in [-0.2, -0.15) is 4.31 Å². The Balaban J connectivity index is 0.00000176. The van der Waals surface area contributed by atoms with Gasteiger partial charge < -0.3 is 9.84 Å². The molecule has 1 saturated carbocycles. The monoisotopic (exact) mass is 522 g/mol. The number of ether oxygens (including phenoxy) is 1. The van der Waals surface area contributed by atoms with Gasteiger partial charge in [0.1, 0.15) is 11.5 Å².